The molecule has 0 aromatic rings. The maximum Gasteiger partial charge on any atom is 0.230 e. The zero-order valence-electron chi connectivity index (χ0n) is 13.6. The fourth-order valence-corrected chi connectivity index (χ4v) is 4.22. The van der Waals surface area contributed by atoms with Gasteiger partial charge in [0.1, 0.15) is 0 Å². The van der Waals surface area contributed by atoms with Gasteiger partial charge >= 0.3 is 0 Å². The van der Waals surface area contributed by atoms with Crippen molar-refractivity contribution in [3.8, 4) is 0 Å². The van der Waals surface area contributed by atoms with Crippen molar-refractivity contribution in [2.24, 2.45) is 10.8 Å². The molecule has 1 N–H and O–H groups in total. The zero-order chi connectivity index (χ0) is 14.6. The van der Waals surface area contributed by atoms with Crippen molar-refractivity contribution in [2.45, 2.75) is 65.7 Å². The smallest absolute Gasteiger partial charge is 0.230 e. The van der Waals surface area contributed by atoms with Crippen LogP contribution in [0.5, 0.6) is 0 Å². The summed E-state index contributed by atoms with van der Waals surface area (Å²) in [6.07, 6.45) is 7.97. The molecule has 0 saturated carbocycles. The molecule has 0 radical (unpaired) electrons. The van der Waals surface area contributed by atoms with E-state index in [2.05, 4.69) is 31.0 Å². The number of carbonyl (C=O) groups is 1. The molecule has 1 unspecified atom stereocenters. The van der Waals surface area contributed by atoms with Gasteiger partial charge in [-0.2, -0.15) is 0 Å². The molecule has 2 rings (SSSR count). The van der Waals surface area contributed by atoms with Crippen molar-refractivity contribution in [1.29, 1.82) is 0 Å². The predicted molar refractivity (Wildman–Crippen MR) is 83.7 cm³/mol. The molecule has 20 heavy (non-hydrogen) atoms. The fraction of sp³-hybridized carbons (Fsp3) is 0.941. The highest BCUT2D eigenvalue weighted by Gasteiger charge is 2.45. The first-order valence-corrected chi connectivity index (χ1v) is 8.61. The fourth-order valence-electron chi connectivity index (χ4n) is 4.22. The molecule has 116 valence electrons. The number of amides is 1. The summed E-state index contributed by atoms with van der Waals surface area (Å²) in [5, 5.41) is 3.47. The monoisotopic (exact) mass is 280 g/mol. The molecule has 2 saturated heterocycles. The molecule has 2 heterocycles. The maximum atomic E-state index is 13.1. The normalized spacial score (nSPS) is 29.6. The van der Waals surface area contributed by atoms with E-state index in [9.17, 15) is 4.79 Å². The maximum absolute atomic E-state index is 13.1. The Bertz CT molecular complexity index is 324. The van der Waals surface area contributed by atoms with E-state index < -0.39 is 0 Å². The molecule has 3 nitrogen and oxygen atoms in total. The number of nitrogens with one attached hydrogen (secondary N) is 1. The van der Waals surface area contributed by atoms with Crippen LogP contribution in [0.25, 0.3) is 0 Å². The van der Waals surface area contributed by atoms with Crippen LogP contribution in [0.15, 0.2) is 0 Å². The molecule has 2 aliphatic heterocycles. The second kappa shape index (κ2) is 6.46. The molecule has 0 spiro atoms. The van der Waals surface area contributed by atoms with Crippen LogP contribution in [0.4, 0.5) is 0 Å². The van der Waals surface area contributed by atoms with Crippen molar-refractivity contribution in [3.05, 3.63) is 0 Å². The number of hydrogen-bond acceptors (Lipinski definition) is 2. The van der Waals surface area contributed by atoms with Crippen molar-refractivity contribution < 1.29 is 4.79 Å². The minimum absolute atomic E-state index is 0.107. The summed E-state index contributed by atoms with van der Waals surface area (Å²) in [7, 11) is 0. The third kappa shape index (κ3) is 2.88. The lowest BCUT2D eigenvalue weighted by Gasteiger charge is -2.39. The zero-order valence-corrected chi connectivity index (χ0v) is 13.6. The lowest BCUT2D eigenvalue weighted by molar-refractivity contribution is -0.143. The van der Waals surface area contributed by atoms with Gasteiger partial charge in [-0.3, -0.25) is 4.79 Å². The first-order chi connectivity index (χ1) is 9.61. The van der Waals surface area contributed by atoms with Crippen molar-refractivity contribution >= 4 is 5.91 Å². The van der Waals surface area contributed by atoms with Gasteiger partial charge in [0.15, 0.2) is 0 Å². The van der Waals surface area contributed by atoms with Crippen LogP contribution < -0.4 is 5.32 Å². The lowest BCUT2D eigenvalue weighted by atomic mass is 9.75. The summed E-state index contributed by atoms with van der Waals surface area (Å²) in [6.45, 7) is 10.7. The van der Waals surface area contributed by atoms with Crippen molar-refractivity contribution in [3.63, 3.8) is 0 Å². The SMILES string of the molecule is CCCC1(C(=O)N2CCC(CC)(CC)C2)CCCNC1. The number of likely N-dealkylation sites (tertiary alicyclic amines) is 1. The van der Waals surface area contributed by atoms with Gasteiger partial charge < -0.3 is 10.2 Å². The highest BCUT2D eigenvalue weighted by atomic mass is 16.2. The van der Waals surface area contributed by atoms with E-state index in [1.807, 2.05) is 0 Å². The highest BCUT2D eigenvalue weighted by Crippen LogP contribution is 2.41. The van der Waals surface area contributed by atoms with Crippen molar-refractivity contribution in [1.82, 2.24) is 10.2 Å². The Labute approximate surface area is 124 Å². The third-order valence-electron chi connectivity index (χ3n) is 5.88. The molecule has 0 aromatic carbocycles. The molecule has 3 heteroatoms. The Balaban J connectivity index is 2.09. The summed E-state index contributed by atoms with van der Waals surface area (Å²) in [6, 6.07) is 0. The molecule has 2 aliphatic rings. The summed E-state index contributed by atoms with van der Waals surface area (Å²) in [5.74, 6) is 0.440. The molecule has 1 atom stereocenters. The summed E-state index contributed by atoms with van der Waals surface area (Å²) < 4.78 is 0. The highest BCUT2D eigenvalue weighted by molar-refractivity contribution is 5.83. The Kier molecular flexibility index (Phi) is 5.11. The molecule has 0 aromatic heterocycles. The van der Waals surface area contributed by atoms with Gasteiger partial charge in [0.05, 0.1) is 5.41 Å². The average Bonchev–Trinajstić information content (AvgIpc) is 2.93. The number of rotatable bonds is 5. The summed E-state index contributed by atoms with van der Waals surface area (Å²) in [5.41, 5.74) is 0.287. The first-order valence-electron chi connectivity index (χ1n) is 8.61. The number of piperidine rings is 1. The van der Waals surface area contributed by atoms with E-state index in [0.717, 1.165) is 51.9 Å². The molecule has 0 aliphatic carbocycles. The van der Waals surface area contributed by atoms with Crippen molar-refractivity contribution in [2.75, 3.05) is 26.2 Å². The summed E-state index contributed by atoms with van der Waals surface area (Å²) in [4.78, 5) is 15.3. The first kappa shape index (κ1) is 15.8. The Hall–Kier alpha value is -0.570. The van der Waals surface area contributed by atoms with Gasteiger partial charge in [-0.25, -0.2) is 0 Å². The number of nitrogens with zero attached hydrogens (tertiary/aromatic N) is 1. The Morgan fingerprint density at radius 2 is 1.95 bits per heavy atom. The standard InChI is InChI=1S/C17H32N2O/c1-4-8-17(9-7-11-18-13-17)15(20)19-12-10-16(5-2,6-3)14-19/h18H,4-14H2,1-3H3. The lowest BCUT2D eigenvalue weighted by Crippen LogP contribution is -2.51. The third-order valence-corrected chi connectivity index (χ3v) is 5.88. The molecular weight excluding hydrogens is 248 g/mol. The van der Waals surface area contributed by atoms with Crippen LogP contribution in [0, 0.1) is 10.8 Å². The second-order valence-corrected chi connectivity index (χ2v) is 6.99. The predicted octanol–water partition coefficient (Wildman–Crippen LogP) is 3.20. The van der Waals surface area contributed by atoms with Gasteiger partial charge in [0.2, 0.25) is 5.91 Å². The topological polar surface area (TPSA) is 32.3 Å². The largest absolute Gasteiger partial charge is 0.342 e. The van der Waals surface area contributed by atoms with Crippen LogP contribution >= 0.6 is 0 Å². The molecule has 2 fully saturated rings. The van der Waals surface area contributed by atoms with Gasteiger partial charge in [-0.1, -0.05) is 27.2 Å². The van der Waals surface area contributed by atoms with E-state index in [-0.39, 0.29) is 5.41 Å². The molecule has 1 amide bonds. The van der Waals surface area contributed by atoms with Crippen LogP contribution in [0.1, 0.15) is 65.7 Å². The van der Waals surface area contributed by atoms with Gasteiger partial charge in [0, 0.05) is 19.6 Å². The molecule has 0 bridgehead atoms. The molecular formula is C17H32N2O. The Morgan fingerprint density at radius 3 is 2.45 bits per heavy atom. The van der Waals surface area contributed by atoms with Crippen LogP contribution in [-0.2, 0) is 4.79 Å². The van der Waals surface area contributed by atoms with Gasteiger partial charge in [-0.05, 0) is 50.5 Å². The average molecular weight is 280 g/mol. The van der Waals surface area contributed by atoms with E-state index in [1.54, 1.807) is 0 Å². The van der Waals surface area contributed by atoms with Crippen LogP contribution in [-0.4, -0.2) is 37.0 Å². The number of hydrogen-bond donors (Lipinski definition) is 1. The van der Waals surface area contributed by atoms with E-state index >= 15 is 0 Å². The minimum Gasteiger partial charge on any atom is -0.342 e. The van der Waals surface area contributed by atoms with Crippen LogP contribution in [0.3, 0.4) is 0 Å². The minimum atomic E-state index is -0.107. The van der Waals surface area contributed by atoms with E-state index in [0.29, 0.717) is 11.3 Å². The quantitative estimate of drug-likeness (QED) is 0.839. The van der Waals surface area contributed by atoms with Gasteiger partial charge in [0.25, 0.3) is 0 Å². The summed E-state index contributed by atoms with van der Waals surface area (Å²) >= 11 is 0. The van der Waals surface area contributed by atoms with E-state index in [4.69, 9.17) is 0 Å². The number of carbonyl (C=O) groups excluding carboxylic acids is 1. The van der Waals surface area contributed by atoms with Crippen LogP contribution in [0.2, 0.25) is 0 Å². The second-order valence-electron chi connectivity index (χ2n) is 6.99. The Morgan fingerprint density at radius 1 is 1.20 bits per heavy atom. The van der Waals surface area contributed by atoms with E-state index in [1.165, 1.54) is 19.3 Å². The van der Waals surface area contributed by atoms with Gasteiger partial charge in [-0.15, -0.1) is 0 Å².